The van der Waals surface area contributed by atoms with E-state index in [1.807, 2.05) is 0 Å². The van der Waals surface area contributed by atoms with Crippen LogP contribution in [0.25, 0.3) is 0 Å². The molecule has 160 valence electrons. The lowest BCUT2D eigenvalue weighted by Crippen LogP contribution is -2.41. The summed E-state index contributed by atoms with van der Waals surface area (Å²) in [6.45, 7) is 0.931. The predicted octanol–water partition coefficient (Wildman–Crippen LogP) is 2.71. The van der Waals surface area contributed by atoms with Crippen LogP contribution in [0.3, 0.4) is 0 Å². The molecule has 0 atom stereocenters. The van der Waals surface area contributed by atoms with Gasteiger partial charge in [-0.3, -0.25) is 4.99 Å². The number of nitrogens with zero attached hydrogens (tertiary/aromatic N) is 1. The molecule has 1 saturated carbocycles. The molecule has 0 heterocycles. The predicted molar refractivity (Wildman–Crippen MR) is 114 cm³/mol. The van der Waals surface area contributed by atoms with E-state index in [0.717, 1.165) is 31.4 Å². The van der Waals surface area contributed by atoms with Gasteiger partial charge in [-0.25, -0.2) is 13.1 Å². The highest BCUT2D eigenvalue weighted by Gasteiger charge is 2.29. The van der Waals surface area contributed by atoms with Gasteiger partial charge in [0.2, 0.25) is 10.0 Å². The zero-order valence-electron chi connectivity index (χ0n) is 15.6. The zero-order valence-corrected chi connectivity index (χ0v) is 18.7. The van der Waals surface area contributed by atoms with Gasteiger partial charge in [0.1, 0.15) is 0 Å². The molecule has 1 aliphatic rings. The van der Waals surface area contributed by atoms with Gasteiger partial charge in [-0.05, 0) is 36.5 Å². The second kappa shape index (κ2) is 11.2. The molecule has 0 unspecified atom stereocenters. The highest BCUT2D eigenvalue weighted by atomic mass is 127. The third-order valence-electron chi connectivity index (χ3n) is 4.44. The van der Waals surface area contributed by atoms with Crippen LogP contribution in [-0.4, -0.2) is 40.3 Å². The summed E-state index contributed by atoms with van der Waals surface area (Å²) in [6, 6.07) is 4.82. The minimum atomic E-state index is -4.36. The van der Waals surface area contributed by atoms with Crippen molar-refractivity contribution in [1.29, 1.82) is 0 Å². The fraction of sp³-hybridized carbons (Fsp3) is 0.588. The fourth-order valence-corrected chi connectivity index (χ4v) is 3.54. The first-order chi connectivity index (χ1) is 12.7. The molecule has 6 nitrogen and oxygen atoms in total. The normalized spacial score (nSPS) is 15.5. The molecule has 1 aromatic carbocycles. The number of rotatable bonds is 8. The number of hydrogen-bond donors (Lipinski definition) is 3. The number of nitrogens with one attached hydrogen (secondary N) is 3. The zero-order chi connectivity index (χ0) is 19.9. The lowest BCUT2D eigenvalue weighted by atomic mass is 9.86. The van der Waals surface area contributed by atoms with Crippen LogP contribution in [0.5, 0.6) is 0 Å². The molecule has 28 heavy (non-hydrogen) atoms. The van der Waals surface area contributed by atoms with Crippen molar-refractivity contribution in [3.05, 3.63) is 35.4 Å². The molecule has 11 heteroatoms. The maximum Gasteiger partial charge on any atom is 0.416 e. The minimum Gasteiger partial charge on any atom is -0.355 e. The first kappa shape index (κ1) is 25.0. The summed E-state index contributed by atoms with van der Waals surface area (Å²) in [6.07, 6.45) is -1.06. The Morgan fingerprint density at radius 1 is 1.18 bits per heavy atom. The van der Waals surface area contributed by atoms with Gasteiger partial charge in [0.05, 0.1) is 11.3 Å². The van der Waals surface area contributed by atoms with E-state index in [4.69, 9.17) is 0 Å². The third kappa shape index (κ3) is 8.52. The van der Waals surface area contributed by atoms with E-state index in [9.17, 15) is 21.6 Å². The molecular formula is C17H26F3IN4O2S. The summed E-state index contributed by atoms with van der Waals surface area (Å²) < 4.78 is 64.1. The lowest BCUT2D eigenvalue weighted by Gasteiger charge is -2.25. The highest BCUT2D eigenvalue weighted by Crippen LogP contribution is 2.29. The SMILES string of the molecule is CN=C(NCCS(=O)(=O)NCC1CCC1)NCc1ccc(C(F)(F)F)cc1.I. The summed E-state index contributed by atoms with van der Waals surface area (Å²) in [5, 5.41) is 5.83. The Morgan fingerprint density at radius 3 is 2.32 bits per heavy atom. The van der Waals surface area contributed by atoms with Crippen molar-refractivity contribution >= 4 is 40.0 Å². The number of benzene rings is 1. The van der Waals surface area contributed by atoms with Crippen molar-refractivity contribution in [3.8, 4) is 0 Å². The number of aliphatic imine (C=N–C) groups is 1. The van der Waals surface area contributed by atoms with Gasteiger partial charge in [0, 0.05) is 26.7 Å². The molecular weight excluding hydrogens is 508 g/mol. The standard InChI is InChI=1S/C17H25F3N4O2S.HI/c1-21-16(22-9-10-27(25,26)24-12-13-3-2-4-13)23-11-14-5-7-15(8-6-14)17(18,19)20;/h5-8,13,24H,2-4,9-12H2,1H3,(H2,21,22,23);1H. The minimum absolute atomic E-state index is 0. The Kier molecular flexibility index (Phi) is 9.98. The van der Waals surface area contributed by atoms with Crippen molar-refractivity contribution in [2.24, 2.45) is 10.9 Å². The average Bonchev–Trinajstić information content (AvgIpc) is 2.56. The molecule has 0 spiro atoms. The van der Waals surface area contributed by atoms with Gasteiger partial charge in [-0.15, -0.1) is 24.0 Å². The van der Waals surface area contributed by atoms with Crippen LogP contribution in [0.2, 0.25) is 0 Å². The number of hydrogen-bond acceptors (Lipinski definition) is 3. The number of halogens is 4. The molecule has 0 aromatic heterocycles. The molecule has 1 aromatic rings. The number of alkyl halides is 3. The van der Waals surface area contributed by atoms with Gasteiger partial charge >= 0.3 is 6.18 Å². The Hall–Kier alpha value is -1.08. The molecule has 1 aliphatic carbocycles. The van der Waals surface area contributed by atoms with Crippen molar-refractivity contribution in [1.82, 2.24) is 15.4 Å². The molecule has 0 amide bonds. The Balaban J connectivity index is 0.00000392. The summed E-state index contributed by atoms with van der Waals surface area (Å²) in [7, 11) is -1.81. The monoisotopic (exact) mass is 534 g/mol. The highest BCUT2D eigenvalue weighted by molar-refractivity contribution is 14.0. The largest absolute Gasteiger partial charge is 0.416 e. The molecule has 2 rings (SSSR count). The van der Waals surface area contributed by atoms with Crippen molar-refractivity contribution < 1.29 is 21.6 Å². The topological polar surface area (TPSA) is 82.6 Å². The van der Waals surface area contributed by atoms with E-state index >= 15 is 0 Å². The van der Waals surface area contributed by atoms with E-state index < -0.39 is 21.8 Å². The number of guanidine groups is 1. The quantitative estimate of drug-likeness (QED) is 0.272. The van der Waals surface area contributed by atoms with Gasteiger partial charge in [0.25, 0.3) is 0 Å². The maximum absolute atomic E-state index is 12.5. The summed E-state index contributed by atoms with van der Waals surface area (Å²) >= 11 is 0. The lowest BCUT2D eigenvalue weighted by molar-refractivity contribution is -0.137. The number of sulfonamides is 1. The maximum atomic E-state index is 12.5. The van der Waals surface area contributed by atoms with Crippen molar-refractivity contribution in [2.75, 3.05) is 25.9 Å². The average molecular weight is 534 g/mol. The summed E-state index contributed by atoms with van der Waals surface area (Å²) in [5.74, 6) is 0.746. The molecule has 0 aliphatic heterocycles. The first-order valence-corrected chi connectivity index (χ1v) is 10.4. The first-order valence-electron chi connectivity index (χ1n) is 8.77. The van der Waals surface area contributed by atoms with E-state index in [2.05, 4.69) is 20.3 Å². The van der Waals surface area contributed by atoms with Crippen LogP contribution < -0.4 is 15.4 Å². The molecule has 0 saturated heterocycles. The van der Waals surface area contributed by atoms with Crippen LogP contribution in [-0.2, 0) is 22.7 Å². The second-order valence-corrected chi connectivity index (χ2v) is 8.44. The van der Waals surface area contributed by atoms with Crippen LogP contribution in [0.4, 0.5) is 13.2 Å². The van der Waals surface area contributed by atoms with E-state index in [1.54, 1.807) is 0 Å². The van der Waals surface area contributed by atoms with E-state index in [-0.39, 0.29) is 42.8 Å². The van der Waals surface area contributed by atoms with Crippen molar-refractivity contribution in [2.45, 2.75) is 32.0 Å². The fourth-order valence-electron chi connectivity index (χ4n) is 2.54. The van der Waals surface area contributed by atoms with Crippen LogP contribution >= 0.6 is 24.0 Å². The Morgan fingerprint density at radius 2 is 1.82 bits per heavy atom. The molecule has 0 radical (unpaired) electrons. The van der Waals surface area contributed by atoms with Crippen molar-refractivity contribution in [3.63, 3.8) is 0 Å². The summed E-state index contributed by atoms with van der Waals surface area (Å²) in [5.41, 5.74) is -0.0471. The van der Waals surface area contributed by atoms with Crippen LogP contribution in [0, 0.1) is 5.92 Å². The van der Waals surface area contributed by atoms with Gasteiger partial charge < -0.3 is 10.6 Å². The van der Waals surface area contributed by atoms with Gasteiger partial charge in [-0.2, -0.15) is 13.2 Å². The Labute approximate surface area is 180 Å². The van der Waals surface area contributed by atoms with E-state index in [0.29, 0.717) is 24.0 Å². The molecule has 0 bridgehead atoms. The van der Waals surface area contributed by atoms with Gasteiger partial charge in [-0.1, -0.05) is 18.6 Å². The smallest absolute Gasteiger partial charge is 0.355 e. The third-order valence-corrected chi connectivity index (χ3v) is 5.79. The Bertz CT molecular complexity index is 736. The molecule has 1 fully saturated rings. The van der Waals surface area contributed by atoms with Crippen LogP contribution in [0.1, 0.15) is 30.4 Å². The molecule has 3 N–H and O–H groups in total. The van der Waals surface area contributed by atoms with E-state index in [1.165, 1.54) is 19.2 Å². The van der Waals surface area contributed by atoms with Gasteiger partial charge in [0.15, 0.2) is 5.96 Å². The second-order valence-electron chi connectivity index (χ2n) is 6.51. The van der Waals surface area contributed by atoms with Crippen LogP contribution in [0.15, 0.2) is 29.3 Å². The summed E-state index contributed by atoms with van der Waals surface area (Å²) in [4.78, 5) is 3.98.